The Morgan fingerprint density at radius 1 is 1.03 bits per heavy atom. The van der Waals surface area contributed by atoms with Gasteiger partial charge in [-0.2, -0.15) is 5.26 Å². The SMILES string of the molecule is COc1ccc(C=CC(=O)N(Cc2ccc(C#N)cc2)Cc2cccc(F)c2)cc1F. The first-order chi connectivity index (χ1) is 15.0. The lowest BCUT2D eigenvalue weighted by Gasteiger charge is -2.22. The van der Waals surface area contributed by atoms with E-state index in [1.54, 1.807) is 47.4 Å². The third-order valence-electron chi connectivity index (χ3n) is 4.62. The van der Waals surface area contributed by atoms with Gasteiger partial charge < -0.3 is 9.64 Å². The third kappa shape index (κ3) is 6.00. The van der Waals surface area contributed by atoms with Gasteiger partial charge in [-0.1, -0.05) is 30.3 Å². The summed E-state index contributed by atoms with van der Waals surface area (Å²) in [7, 11) is 1.38. The average molecular weight is 418 g/mol. The Hall–Kier alpha value is -3.98. The number of nitriles is 1. The van der Waals surface area contributed by atoms with Crippen LogP contribution in [0.25, 0.3) is 6.08 Å². The van der Waals surface area contributed by atoms with Crippen molar-refractivity contribution in [2.24, 2.45) is 0 Å². The Balaban J connectivity index is 1.82. The number of benzene rings is 3. The Bertz CT molecular complexity index is 1140. The van der Waals surface area contributed by atoms with Gasteiger partial charge in [-0.05, 0) is 59.2 Å². The Kier molecular flexibility index (Phi) is 7.13. The number of amides is 1. The topological polar surface area (TPSA) is 53.3 Å². The van der Waals surface area contributed by atoms with Crippen LogP contribution in [0.4, 0.5) is 8.78 Å². The first kappa shape index (κ1) is 21.7. The molecule has 3 aromatic carbocycles. The molecule has 4 nitrogen and oxygen atoms in total. The van der Waals surface area contributed by atoms with Crippen LogP contribution in [0, 0.1) is 23.0 Å². The molecule has 0 bridgehead atoms. The van der Waals surface area contributed by atoms with E-state index in [-0.39, 0.29) is 30.6 Å². The Morgan fingerprint density at radius 2 is 1.77 bits per heavy atom. The smallest absolute Gasteiger partial charge is 0.247 e. The van der Waals surface area contributed by atoms with Crippen LogP contribution in [0.3, 0.4) is 0 Å². The minimum Gasteiger partial charge on any atom is -0.494 e. The molecule has 156 valence electrons. The molecular formula is C25H20F2N2O2. The second-order valence-electron chi connectivity index (χ2n) is 6.86. The fraction of sp³-hybridized carbons (Fsp3) is 0.120. The van der Waals surface area contributed by atoms with E-state index in [1.165, 1.54) is 43.5 Å². The molecule has 0 fully saturated rings. The molecule has 31 heavy (non-hydrogen) atoms. The van der Waals surface area contributed by atoms with Crippen molar-refractivity contribution >= 4 is 12.0 Å². The first-order valence-corrected chi connectivity index (χ1v) is 9.52. The summed E-state index contributed by atoms with van der Waals surface area (Å²) in [6, 6.07) is 19.4. The van der Waals surface area contributed by atoms with Gasteiger partial charge in [0.05, 0.1) is 18.7 Å². The number of rotatable bonds is 7. The predicted molar refractivity (Wildman–Crippen MR) is 114 cm³/mol. The summed E-state index contributed by atoms with van der Waals surface area (Å²) in [6.45, 7) is 0.459. The molecule has 0 radical (unpaired) electrons. The highest BCUT2D eigenvalue weighted by molar-refractivity contribution is 5.91. The minimum absolute atomic E-state index is 0.122. The number of hydrogen-bond donors (Lipinski definition) is 0. The zero-order chi connectivity index (χ0) is 22.2. The van der Waals surface area contributed by atoms with Crippen molar-refractivity contribution in [1.29, 1.82) is 5.26 Å². The molecule has 3 aromatic rings. The molecule has 1 amide bonds. The van der Waals surface area contributed by atoms with Crippen LogP contribution in [0.5, 0.6) is 5.75 Å². The molecule has 0 N–H and O–H groups in total. The van der Waals surface area contributed by atoms with Crippen molar-refractivity contribution in [3.8, 4) is 11.8 Å². The molecule has 0 aliphatic rings. The molecule has 0 spiro atoms. The second kappa shape index (κ2) is 10.2. The van der Waals surface area contributed by atoms with Crippen molar-refractivity contribution in [3.05, 3.63) is 107 Å². The van der Waals surface area contributed by atoms with Gasteiger partial charge in [0.1, 0.15) is 5.82 Å². The van der Waals surface area contributed by atoms with E-state index in [9.17, 15) is 13.6 Å². The van der Waals surface area contributed by atoms with E-state index < -0.39 is 5.82 Å². The quantitative estimate of drug-likeness (QED) is 0.503. The molecule has 0 saturated carbocycles. The number of halogens is 2. The standard InChI is InChI=1S/C25H20F2N2O2/c1-31-24-11-9-18(14-23(24)27)10-12-25(30)29(17-21-3-2-4-22(26)13-21)16-20-7-5-19(15-28)6-8-20/h2-14H,16-17H2,1H3. The number of ether oxygens (including phenoxy) is 1. The number of carbonyl (C=O) groups excluding carboxylic acids is 1. The van der Waals surface area contributed by atoms with Crippen molar-refractivity contribution in [2.45, 2.75) is 13.1 Å². The van der Waals surface area contributed by atoms with Crippen LogP contribution in [0.2, 0.25) is 0 Å². The second-order valence-corrected chi connectivity index (χ2v) is 6.86. The van der Waals surface area contributed by atoms with E-state index in [1.807, 2.05) is 0 Å². The van der Waals surface area contributed by atoms with Crippen LogP contribution in [0.15, 0.2) is 72.8 Å². The van der Waals surface area contributed by atoms with Gasteiger partial charge in [0.25, 0.3) is 0 Å². The summed E-state index contributed by atoms with van der Waals surface area (Å²) in [5.41, 5.74) is 2.50. The molecular weight excluding hydrogens is 398 g/mol. The number of carbonyl (C=O) groups is 1. The number of hydrogen-bond acceptors (Lipinski definition) is 3. The van der Waals surface area contributed by atoms with Gasteiger partial charge in [-0.15, -0.1) is 0 Å². The average Bonchev–Trinajstić information content (AvgIpc) is 2.77. The van der Waals surface area contributed by atoms with Crippen molar-refractivity contribution in [3.63, 3.8) is 0 Å². The highest BCUT2D eigenvalue weighted by Crippen LogP contribution is 2.19. The zero-order valence-electron chi connectivity index (χ0n) is 16.9. The molecule has 0 heterocycles. The highest BCUT2D eigenvalue weighted by atomic mass is 19.1. The highest BCUT2D eigenvalue weighted by Gasteiger charge is 2.13. The van der Waals surface area contributed by atoms with Crippen LogP contribution in [-0.2, 0) is 17.9 Å². The summed E-state index contributed by atoms with van der Waals surface area (Å²) < 4.78 is 32.4. The van der Waals surface area contributed by atoms with Crippen LogP contribution in [0.1, 0.15) is 22.3 Å². The zero-order valence-corrected chi connectivity index (χ0v) is 16.9. The van der Waals surface area contributed by atoms with Gasteiger partial charge in [0.15, 0.2) is 11.6 Å². The van der Waals surface area contributed by atoms with E-state index in [2.05, 4.69) is 6.07 Å². The molecule has 0 saturated heterocycles. The van der Waals surface area contributed by atoms with Gasteiger partial charge in [-0.25, -0.2) is 8.78 Å². The van der Waals surface area contributed by atoms with Gasteiger partial charge in [0, 0.05) is 19.2 Å². The van der Waals surface area contributed by atoms with E-state index in [4.69, 9.17) is 10.00 Å². The molecule has 3 rings (SSSR count). The molecule has 0 aliphatic carbocycles. The van der Waals surface area contributed by atoms with Crippen molar-refractivity contribution in [2.75, 3.05) is 7.11 Å². The van der Waals surface area contributed by atoms with Gasteiger partial charge in [0.2, 0.25) is 5.91 Å². The fourth-order valence-corrected chi connectivity index (χ4v) is 3.03. The summed E-state index contributed by atoms with van der Waals surface area (Å²) in [5.74, 6) is -1.10. The van der Waals surface area contributed by atoms with Gasteiger partial charge in [-0.3, -0.25) is 4.79 Å². The molecule has 0 aliphatic heterocycles. The maximum absolute atomic E-state index is 13.9. The van der Waals surface area contributed by atoms with Crippen molar-refractivity contribution < 1.29 is 18.3 Å². The molecule has 0 aromatic heterocycles. The van der Waals surface area contributed by atoms with Crippen LogP contribution >= 0.6 is 0 Å². The lowest BCUT2D eigenvalue weighted by Crippen LogP contribution is -2.28. The van der Waals surface area contributed by atoms with Crippen LogP contribution < -0.4 is 4.74 Å². The van der Waals surface area contributed by atoms with Gasteiger partial charge >= 0.3 is 0 Å². The maximum atomic E-state index is 13.9. The van der Waals surface area contributed by atoms with Crippen molar-refractivity contribution in [1.82, 2.24) is 4.90 Å². The summed E-state index contributed by atoms with van der Waals surface area (Å²) >= 11 is 0. The van der Waals surface area contributed by atoms with E-state index in [0.29, 0.717) is 16.7 Å². The fourth-order valence-electron chi connectivity index (χ4n) is 3.03. The molecule has 6 heteroatoms. The summed E-state index contributed by atoms with van der Waals surface area (Å²) in [4.78, 5) is 14.5. The largest absolute Gasteiger partial charge is 0.494 e. The monoisotopic (exact) mass is 418 g/mol. The molecule has 0 unspecified atom stereocenters. The lowest BCUT2D eigenvalue weighted by atomic mass is 10.1. The molecule has 0 atom stereocenters. The summed E-state index contributed by atoms with van der Waals surface area (Å²) in [6.07, 6.45) is 2.87. The Morgan fingerprint density at radius 3 is 2.42 bits per heavy atom. The maximum Gasteiger partial charge on any atom is 0.247 e. The van der Waals surface area contributed by atoms with Crippen LogP contribution in [-0.4, -0.2) is 17.9 Å². The predicted octanol–water partition coefficient (Wildman–Crippen LogP) is 5.09. The minimum atomic E-state index is -0.522. The first-order valence-electron chi connectivity index (χ1n) is 9.52. The third-order valence-corrected chi connectivity index (χ3v) is 4.62. The Labute approximate surface area is 179 Å². The normalized spacial score (nSPS) is 10.6. The van der Waals surface area contributed by atoms with E-state index in [0.717, 1.165) is 5.56 Å². The number of nitrogens with zero attached hydrogens (tertiary/aromatic N) is 2. The number of methoxy groups -OCH3 is 1. The van der Waals surface area contributed by atoms with E-state index >= 15 is 0 Å². The summed E-state index contributed by atoms with van der Waals surface area (Å²) in [5, 5.41) is 8.96. The lowest BCUT2D eigenvalue weighted by molar-refractivity contribution is -0.127.